The molecular formula is C22H36N6O. The second kappa shape index (κ2) is 12.2. The molecule has 0 saturated carbocycles. The Hall–Kier alpha value is -2.41. The Bertz CT molecular complexity index is 751. The molecule has 0 aliphatic heterocycles. The molecule has 2 aromatic rings. The van der Waals surface area contributed by atoms with E-state index in [9.17, 15) is 0 Å². The van der Waals surface area contributed by atoms with Gasteiger partial charge in [-0.05, 0) is 43.2 Å². The largest absolute Gasteiger partial charge is 0.385 e. The van der Waals surface area contributed by atoms with Crippen LogP contribution in [-0.4, -0.2) is 47.5 Å². The average Bonchev–Trinajstić information content (AvgIpc) is 3.04. The highest BCUT2D eigenvalue weighted by atomic mass is 16.5. The molecule has 0 bridgehead atoms. The van der Waals surface area contributed by atoms with Crippen molar-refractivity contribution in [3.05, 3.63) is 47.0 Å². The van der Waals surface area contributed by atoms with Crippen molar-refractivity contribution in [2.24, 2.45) is 12.0 Å². The number of aromatic nitrogens is 3. The third kappa shape index (κ3) is 7.85. The zero-order valence-electron chi connectivity index (χ0n) is 18.5. The Kier molecular flexibility index (Phi) is 9.64. The Labute approximate surface area is 175 Å². The van der Waals surface area contributed by atoms with E-state index in [2.05, 4.69) is 63.9 Å². The van der Waals surface area contributed by atoms with Gasteiger partial charge in [-0.1, -0.05) is 38.1 Å². The highest BCUT2D eigenvalue weighted by Crippen LogP contribution is 2.15. The second-order valence-electron chi connectivity index (χ2n) is 7.59. The van der Waals surface area contributed by atoms with Crippen LogP contribution in [0.2, 0.25) is 0 Å². The Morgan fingerprint density at radius 2 is 1.79 bits per heavy atom. The number of hydrogen-bond acceptors (Lipinski definition) is 4. The van der Waals surface area contributed by atoms with Crippen LogP contribution in [0.5, 0.6) is 0 Å². The predicted octanol–water partition coefficient (Wildman–Crippen LogP) is 2.95. The molecule has 0 aliphatic rings. The van der Waals surface area contributed by atoms with Gasteiger partial charge in [-0.2, -0.15) is 0 Å². The molecule has 0 unspecified atom stereocenters. The van der Waals surface area contributed by atoms with Crippen molar-refractivity contribution in [2.75, 3.05) is 26.8 Å². The quantitative estimate of drug-likeness (QED) is 0.345. The number of nitrogens with zero attached hydrogens (tertiary/aromatic N) is 4. The summed E-state index contributed by atoms with van der Waals surface area (Å²) in [4.78, 5) is 4.67. The van der Waals surface area contributed by atoms with Crippen molar-refractivity contribution in [3.8, 4) is 0 Å². The smallest absolute Gasteiger partial charge is 0.191 e. The number of methoxy groups -OCH3 is 1. The monoisotopic (exact) mass is 400 g/mol. The van der Waals surface area contributed by atoms with Gasteiger partial charge in [0.25, 0.3) is 0 Å². The van der Waals surface area contributed by atoms with Gasteiger partial charge in [0, 0.05) is 33.9 Å². The lowest BCUT2D eigenvalue weighted by Crippen LogP contribution is -2.38. The highest BCUT2D eigenvalue weighted by molar-refractivity contribution is 5.79. The second-order valence-corrected chi connectivity index (χ2v) is 7.59. The minimum absolute atomic E-state index is 0.494. The van der Waals surface area contributed by atoms with Gasteiger partial charge in [-0.25, -0.2) is 4.99 Å². The van der Waals surface area contributed by atoms with Crippen LogP contribution in [0.3, 0.4) is 0 Å². The molecule has 7 nitrogen and oxygen atoms in total. The first-order valence-corrected chi connectivity index (χ1v) is 10.5. The standard InChI is InChI=1S/C22H36N6O/c1-17(2)20-11-9-19(10-12-20)8-6-13-23-22(24-14-7-15-29-5)25-16-21-27-26-18(3)28(21)4/h9-12,17H,6-8,13-16H2,1-5H3,(H2,23,24,25). The van der Waals surface area contributed by atoms with Crippen LogP contribution in [-0.2, 0) is 24.8 Å². The molecule has 160 valence electrons. The number of benzene rings is 1. The zero-order valence-corrected chi connectivity index (χ0v) is 18.5. The molecule has 0 amide bonds. The van der Waals surface area contributed by atoms with Crippen LogP contribution in [0.25, 0.3) is 0 Å². The number of aliphatic imine (C=N–C) groups is 1. The van der Waals surface area contributed by atoms with Crippen molar-refractivity contribution < 1.29 is 4.74 Å². The van der Waals surface area contributed by atoms with Gasteiger partial charge in [-0.3, -0.25) is 0 Å². The summed E-state index contributed by atoms with van der Waals surface area (Å²) in [6.07, 6.45) is 3.02. The molecule has 2 N–H and O–H groups in total. The van der Waals surface area contributed by atoms with Crippen LogP contribution in [0.1, 0.15) is 55.4 Å². The molecule has 0 saturated heterocycles. The molecule has 1 heterocycles. The molecule has 0 radical (unpaired) electrons. The fraction of sp³-hybridized carbons (Fsp3) is 0.591. The SMILES string of the molecule is COCCCNC(=NCc1nnc(C)n1C)NCCCc1ccc(C(C)C)cc1. The van der Waals surface area contributed by atoms with E-state index in [0.717, 1.165) is 56.6 Å². The van der Waals surface area contributed by atoms with Crippen LogP contribution < -0.4 is 10.6 Å². The van der Waals surface area contributed by atoms with Gasteiger partial charge < -0.3 is 19.9 Å². The Morgan fingerprint density at radius 3 is 2.38 bits per heavy atom. The number of ether oxygens (including phenoxy) is 1. The first-order chi connectivity index (χ1) is 14.0. The van der Waals surface area contributed by atoms with Gasteiger partial charge in [-0.15, -0.1) is 10.2 Å². The molecule has 29 heavy (non-hydrogen) atoms. The van der Waals surface area contributed by atoms with Crippen LogP contribution >= 0.6 is 0 Å². The van der Waals surface area contributed by atoms with Crippen LogP contribution in [0, 0.1) is 6.92 Å². The van der Waals surface area contributed by atoms with E-state index in [4.69, 9.17) is 4.74 Å². The van der Waals surface area contributed by atoms with Gasteiger partial charge in [0.1, 0.15) is 12.4 Å². The minimum atomic E-state index is 0.494. The summed E-state index contributed by atoms with van der Waals surface area (Å²) in [6, 6.07) is 8.95. The number of hydrogen-bond donors (Lipinski definition) is 2. The van der Waals surface area contributed by atoms with E-state index < -0.39 is 0 Å². The summed E-state index contributed by atoms with van der Waals surface area (Å²) in [5.74, 6) is 3.12. The molecule has 0 spiro atoms. The van der Waals surface area contributed by atoms with E-state index in [1.807, 2.05) is 18.5 Å². The topological polar surface area (TPSA) is 76.4 Å². The van der Waals surface area contributed by atoms with Gasteiger partial charge in [0.15, 0.2) is 11.8 Å². The molecule has 7 heteroatoms. The summed E-state index contributed by atoms with van der Waals surface area (Å²) in [6.45, 7) is 9.29. The van der Waals surface area contributed by atoms with Gasteiger partial charge in [0.2, 0.25) is 0 Å². The maximum Gasteiger partial charge on any atom is 0.191 e. The summed E-state index contributed by atoms with van der Waals surface area (Å²) >= 11 is 0. The molecule has 2 rings (SSSR count). The van der Waals surface area contributed by atoms with Crippen molar-refractivity contribution in [1.82, 2.24) is 25.4 Å². The van der Waals surface area contributed by atoms with E-state index >= 15 is 0 Å². The summed E-state index contributed by atoms with van der Waals surface area (Å²) in [5.41, 5.74) is 2.76. The van der Waals surface area contributed by atoms with E-state index in [1.54, 1.807) is 7.11 Å². The Balaban J connectivity index is 1.84. The normalized spacial score (nSPS) is 11.9. The number of aryl methyl sites for hydroxylation is 2. The average molecular weight is 401 g/mol. The first kappa shape index (κ1) is 22.9. The summed E-state index contributed by atoms with van der Waals surface area (Å²) in [7, 11) is 3.68. The predicted molar refractivity (Wildman–Crippen MR) is 118 cm³/mol. The van der Waals surface area contributed by atoms with E-state index in [0.29, 0.717) is 12.5 Å². The van der Waals surface area contributed by atoms with Crippen molar-refractivity contribution >= 4 is 5.96 Å². The number of rotatable bonds is 11. The summed E-state index contributed by atoms with van der Waals surface area (Å²) in [5, 5.41) is 15.1. The minimum Gasteiger partial charge on any atom is -0.385 e. The molecule has 1 aromatic carbocycles. The first-order valence-electron chi connectivity index (χ1n) is 10.5. The van der Waals surface area contributed by atoms with Crippen LogP contribution in [0.4, 0.5) is 0 Å². The van der Waals surface area contributed by atoms with Crippen molar-refractivity contribution in [1.29, 1.82) is 0 Å². The number of nitrogens with one attached hydrogen (secondary N) is 2. The lowest BCUT2D eigenvalue weighted by Gasteiger charge is -2.13. The highest BCUT2D eigenvalue weighted by Gasteiger charge is 2.05. The third-order valence-electron chi connectivity index (χ3n) is 4.96. The fourth-order valence-corrected chi connectivity index (χ4v) is 2.90. The fourth-order valence-electron chi connectivity index (χ4n) is 2.90. The lowest BCUT2D eigenvalue weighted by molar-refractivity contribution is 0.195. The number of guanidine groups is 1. The van der Waals surface area contributed by atoms with Crippen molar-refractivity contribution in [2.45, 2.75) is 52.5 Å². The molecule has 1 aromatic heterocycles. The lowest BCUT2D eigenvalue weighted by atomic mass is 10.0. The van der Waals surface area contributed by atoms with Crippen LogP contribution in [0.15, 0.2) is 29.3 Å². The van der Waals surface area contributed by atoms with E-state index in [-0.39, 0.29) is 0 Å². The maximum atomic E-state index is 5.12. The van der Waals surface area contributed by atoms with E-state index in [1.165, 1.54) is 11.1 Å². The zero-order chi connectivity index (χ0) is 21.1. The molecule has 0 atom stereocenters. The van der Waals surface area contributed by atoms with Gasteiger partial charge >= 0.3 is 0 Å². The molecule has 0 fully saturated rings. The molecular weight excluding hydrogens is 364 g/mol. The Morgan fingerprint density at radius 1 is 1.10 bits per heavy atom. The van der Waals surface area contributed by atoms with Crippen molar-refractivity contribution in [3.63, 3.8) is 0 Å². The third-order valence-corrected chi connectivity index (χ3v) is 4.96. The maximum absolute atomic E-state index is 5.12. The molecule has 0 aliphatic carbocycles. The van der Waals surface area contributed by atoms with Gasteiger partial charge in [0.05, 0.1) is 0 Å². The summed E-state index contributed by atoms with van der Waals surface area (Å²) < 4.78 is 7.09.